The monoisotopic (exact) mass is 407 g/mol. The fourth-order valence-electron chi connectivity index (χ4n) is 3.16. The SMILES string of the molecule is Nc1cc(-c2c(N)cc(-c3cc(C(=O)O)ccc3N)cc2C(=O)O)ccc1C(=O)O. The lowest BCUT2D eigenvalue weighted by molar-refractivity contribution is 0.0686. The average Bonchev–Trinajstić information content (AvgIpc) is 2.67. The van der Waals surface area contributed by atoms with Crippen LogP contribution in [-0.2, 0) is 0 Å². The van der Waals surface area contributed by atoms with Crippen LogP contribution >= 0.6 is 0 Å². The van der Waals surface area contributed by atoms with Crippen LogP contribution in [0.4, 0.5) is 17.1 Å². The van der Waals surface area contributed by atoms with Crippen LogP contribution < -0.4 is 17.2 Å². The molecule has 9 nitrogen and oxygen atoms in total. The molecule has 0 spiro atoms. The zero-order valence-electron chi connectivity index (χ0n) is 15.4. The quantitative estimate of drug-likeness (QED) is 0.345. The van der Waals surface area contributed by atoms with Crippen LogP contribution in [0.25, 0.3) is 22.3 Å². The number of nitrogen functional groups attached to an aromatic ring is 3. The van der Waals surface area contributed by atoms with Crippen LogP contribution in [-0.4, -0.2) is 33.2 Å². The summed E-state index contributed by atoms with van der Waals surface area (Å²) in [5.74, 6) is -3.66. The van der Waals surface area contributed by atoms with Crippen molar-refractivity contribution < 1.29 is 29.7 Å². The second-order valence-corrected chi connectivity index (χ2v) is 6.51. The fraction of sp³-hybridized carbons (Fsp3) is 0. The van der Waals surface area contributed by atoms with Crippen molar-refractivity contribution in [3.63, 3.8) is 0 Å². The van der Waals surface area contributed by atoms with Crippen LogP contribution in [0.1, 0.15) is 31.1 Å². The van der Waals surface area contributed by atoms with Gasteiger partial charge >= 0.3 is 17.9 Å². The number of carboxylic acids is 3. The highest BCUT2D eigenvalue weighted by Crippen LogP contribution is 2.37. The van der Waals surface area contributed by atoms with Crippen molar-refractivity contribution in [2.24, 2.45) is 0 Å². The van der Waals surface area contributed by atoms with Crippen molar-refractivity contribution >= 4 is 35.0 Å². The smallest absolute Gasteiger partial charge is 0.337 e. The van der Waals surface area contributed by atoms with Crippen molar-refractivity contribution in [2.45, 2.75) is 0 Å². The van der Waals surface area contributed by atoms with E-state index in [-0.39, 0.29) is 39.3 Å². The van der Waals surface area contributed by atoms with Crippen molar-refractivity contribution in [1.29, 1.82) is 0 Å². The van der Waals surface area contributed by atoms with Crippen molar-refractivity contribution in [3.05, 3.63) is 65.2 Å². The number of aromatic carboxylic acids is 3. The molecule has 0 aliphatic rings. The van der Waals surface area contributed by atoms with Crippen LogP contribution in [0.3, 0.4) is 0 Å². The molecule has 3 aromatic carbocycles. The summed E-state index contributed by atoms with van der Waals surface area (Å²) >= 11 is 0. The lowest BCUT2D eigenvalue weighted by atomic mass is 9.91. The van der Waals surface area contributed by atoms with Crippen LogP contribution in [0.2, 0.25) is 0 Å². The summed E-state index contributed by atoms with van der Waals surface area (Å²) in [4.78, 5) is 34.4. The molecule has 3 aromatic rings. The molecular formula is C21H17N3O6. The summed E-state index contributed by atoms with van der Waals surface area (Å²) in [5.41, 5.74) is 19.0. The van der Waals surface area contributed by atoms with E-state index in [1.807, 2.05) is 0 Å². The first-order valence-electron chi connectivity index (χ1n) is 8.53. The largest absolute Gasteiger partial charge is 0.478 e. The maximum Gasteiger partial charge on any atom is 0.337 e. The maximum absolute atomic E-state index is 11.9. The van der Waals surface area contributed by atoms with E-state index in [9.17, 15) is 24.6 Å². The van der Waals surface area contributed by atoms with Gasteiger partial charge in [0.25, 0.3) is 0 Å². The van der Waals surface area contributed by atoms with Crippen molar-refractivity contribution in [1.82, 2.24) is 0 Å². The summed E-state index contributed by atoms with van der Waals surface area (Å²) < 4.78 is 0. The Bertz CT molecular complexity index is 1220. The van der Waals surface area contributed by atoms with Gasteiger partial charge in [0.15, 0.2) is 0 Å². The van der Waals surface area contributed by atoms with Crippen LogP contribution in [0.15, 0.2) is 48.5 Å². The Kier molecular flexibility index (Phi) is 5.03. The lowest BCUT2D eigenvalue weighted by Crippen LogP contribution is -2.06. The number of carboxylic acid groups (broad SMARTS) is 3. The summed E-state index contributed by atoms with van der Waals surface area (Å²) in [6.45, 7) is 0. The molecule has 0 fully saturated rings. The van der Waals surface area contributed by atoms with E-state index in [2.05, 4.69) is 0 Å². The van der Waals surface area contributed by atoms with Gasteiger partial charge in [-0.3, -0.25) is 0 Å². The van der Waals surface area contributed by atoms with Gasteiger partial charge < -0.3 is 32.5 Å². The minimum Gasteiger partial charge on any atom is -0.478 e. The van der Waals surface area contributed by atoms with E-state index in [4.69, 9.17) is 22.3 Å². The average molecular weight is 407 g/mol. The first-order chi connectivity index (χ1) is 14.1. The highest BCUT2D eigenvalue weighted by molar-refractivity contribution is 6.04. The zero-order valence-corrected chi connectivity index (χ0v) is 15.4. The molecule has 0 atom stereocenters. The topological polar surface area (TPSA) is 190 Å². The van der Waals surface area contributed by atoms with E-state index < -0.39 is 17.9 Å². The molecule has 30 heavy (non-hydrogen) atoms. The van der Waals surface area contributed by atoms with Crippen LogP contribution in [0.5, 0.6) is 0 Å². The van der Waals surface area contributed by atoms with E-state index in [0.717, 1.165) is 0 Å². The van der Waals surface area contributed by atoms with Gasteiger partial charge in [-0.15, -0.1) is 0 Å². The third-order valence-electron chi connectivity index (χ3n) is 4.58. The number of carbonyl (C=O) groups is 3. The normalized spacial score (nSPS) is 10.5. The molecule has 0 bridgehead atoms. The number of nitrogens with two attached hydrogens (primary N) is 3. The first kappa shape index (κ1) is 20.2. The molecule has 9 N–H and O–H groups in total. The zero-order chi connectivity index (χ0) is 22.2. The molecule has 0 saturated carbocycles. The van der Waals surface area contributed by atoms with E-state index in [0.29, 0.717) is 16.7 Å². The fourth-order valence-corrected chi connectivity index (χ4v) is 3.16. The second-order valence-electron chi connectivity index (χ2n) is 6.51. The number of hydrogen-bond acceptors (Lipinski definition) is 6. The maximum atomic E-state index is 11.9. The second kappa shape index (κ2) is 7.47. The molecule has 0 unspecified atom stereocenters. The Hall–Kier alpha value is -4.53. The molecule has 0 saturated heterocycles. The van der Waals surface area contributed by atoms with Gasteiger partial charge in [0, 0.05) is 28.2 Å². The van der Waals surface area contributed by atoms with E-state index >= 15 is 0 Å². The minimum absolute atomic E-state index is 0.0178. The highest BCUT2D eigenvalue weighted by Gasteiger charge is 2.20. The molecular weight excluding hydrogens is 390 g/mol. The van der Waals surface area contributed by atoms with E-state index in [1.165, 1.54) is 48.5 Å². The predicted molar refractivity (Wildman–Crippen MR) is 111 cm³/mol. The van der Waals surface area contributed by atoms with Gasteiger partial charge in [-0.25, -0.2) is 14.4 Å². The molecule has 0 aromatic heterocycles. The Labute approximate surface area is 170 Å². The summed E-state index contributed by atoms with van der Waals surface area (Å²) in [7, 11) is 0. The minimum atomic E-state index is -1.28. The molecule has 9 heteroatoms. The highest BCUT2D eigenvalue weighted by atomic mass is 16.4. The van der Waals surface area contributed by atoms with Gasteiger partial charge in [0.1, 0.15) is 0 Å². The Morgan fingerprint density at radius 1 is 0.600 bits per heavy atom. The third kappa shape index (κ3) is 3.59. The molecule has 0 amide bonds. The third-order valence-corrected chi connectivity index (χ3v) is 4.58. The molecule has 3 rings (SSSR count). The predicted octanol–water partition coefficient (Wildman–Crippen LogP) is 2.86. The Balaban J connectivity index is 2.24. The van der Waals surface area contributed by atoms with E-state index in [1.54, 1.807) is 0 Å². The van der Waals surface area contributed by atoms with Crippen molar-refractivity contribution in [2.75, 3.05) is 17.2 Å². The van der Waals surface area contributed by atoms with Gasteiger partial charge in [0.05, 0.1) is 16.7 Å². The lowest BCUT2D eigenvalue weighted by Gasteiger charge is -2.15. The Morgan fingerprint density at radius 3 is 1.80 bits per heavy atom. The number of anilines is 3. The van der Waals surface area contributed by atoms with Gasteiger partial charge in [-0.05, 0) is 53.6 Å². The number of rotatable bonds is 5. The summed E-state index contributed by atoms with van der Waals surface area (Å²) in [6, 6.07) is 10.9. The van der Waals surface area contributed by atoms with Gasteiger partial charge in [0.2, 0.25) is 0 Å². The molecule has 152 valence electrons. The first-order valence-corrected chi connectivity index (χ1v) is 8.53. The summed E-state index contributed by atoms with van der Waals surface area (Å²) in [5, 5.41) is 28.1. The molecule has 0 aliphatic carbocycles. The molecule has 0 heterocycles. The molecule has 0 aliphatic heterocycles. The molecule has 0 radical (unpaired) electrons. The Morgan fingerprint density at radius 2 is 1.23 bits per heavy atom. The summed E-state index contributed by atoms with van der Waals surface area (Å²) in [6.07, 6.45) is 0. The number of hydrogen-bond donors (Lipinski definition) is 6. The number of benzene rings is 3. The van der Waals surface area contributed by atoms with Gasteiger partial charge in [-0.1, -0.05) is 6.07 Å². The van der Waals surface area contributed by atoms with Gasteiger partial charge in [-0.2, -0.15) is 0 Å². The standard InChI is InChI=1S/C21H17N3O6/c22-15-4-2-10(19(25)26)5-13(15)11-6-14(21(29)30)18(17(24)8-11)9-1-3-12(20(27)28)16(23)7-9/h1-8H,22-24H2,(H,25,26)(H,27,28)(H,29,30). The van der Waals surface area contributed by atoms with Crippen molar-refractivity contribution in [3.8, 4) is 22.3 Å². The van der Waals surface area contributed by atoms with Crippen LogP contribution in [0, 0.1) is 0 Å².